The van der Waals surface area contributed by atoms with Gasteiger partial charge in [-0.3, -0.25) is 0 Å². The molecule has 0 aliphatic carbocycles. The molecule has 0 spiro atoms. The van der Waals surface area contributed by atoms with Crippen molar-refractivity contribution in [2.45, 2.75) is 78.2 Å². The lowest BCUT2D eigenvalue weighted by Gasteiger charge is -2.57. The van der Waals surface area contributed by atoms with Crippen LogP contribution in [0.4, 0.5) is 0 Å². The van der Waals surface area contributed by atoms with Gasteiger partial charge in [0.2, 0.25) is 11.9 Å². The van der Waals surface area contributed by atoms with Crippen molar-refractivity contribution >= 4 is 11.9 Å². The molecule has 208 valence electrons. The number of hydrogen-bond donors (Lipinski definition) is 12. The Morgan fingerprint density at radius 2 is 1.25 bits per heavy atom. The lowest BCUT2D eigenvalue weighted by atomic mass is 9.72. The maximum atomic E-state index is 13.2. The van der Waals surface area contributed by atoms with E-state index in [0.717, 1.165) is 0 Å². The van der Waals surface area contributed by atoms with E-state index in [1.807, 2.05) is 0 Å². The summed E-state index contributed by atoms with van der Waals surface area (Å²) in [5.41, 5.74) is -3.94. The number of cyclic esters (lactones) is 2. The van der Waals surface area contributed by atoms with Crippen molar-refractivity contribution in [1.82, 2.24) is 0 Å². The number of aliphatic hydroxyl groups excluding tert-OH is 10. The zero-order chi connectivity index (χ0) is 27.4. The highest BCUT2D eigenvalue weighted by Crippen LogP contribution is 2.48. The second kappa shape index (κ2) is 9.93. The molecule has 0 saturated carbocycles. The Hall–Kier alpha value is -1.62. The van der Waals surface area contributed by atoms with Gasteiger partial charge in [-0.15, -0.1) is 0 Å². The number of esters is 2. The maximum absolute atomic E-state index is 13.2. The Bertz CT molecular complexity index is 837. The molecule has 36 heavy (non-hydrogen) atoms. The van der Waals surface area contributed by atoms with Crippen LogP contribution in [0.1, 0.15) is 0 Å². The van der Waals surface area contributed by atoms with Gasteiger partial charge in [0.15, 0.2) is 6.10 Å². The number of aliphatic hydroxyl groups is 12. The monoisotopic (exact) mass is 532 g/mol. The van der Waals surface area contributed by atoms with Gasteiger partial charge in [-0.25, -0.2) is 9.59 Å². The van der Waals surface area contributed by atoms with Crippen LogP contribution in [0, 0.1) is 0 Å². The van der Waals surface area contributed by atoms with Gasteiger partial charge < -0.3 is 80.2 Å². The van der Waals surface area contributed by atoms with Crippen LogP contribution in [-0.4, -0.2) is 171 Å². The molecule has 0 bridgehead atoms. The van der Waals surface area contributed by atoms with Crippen LogP contribution in [0.2, 0.25) is 0 Å². The number of rotatable bonds is 6. The molecule has 0 aromatic heterocycles. The molecule has 9 unspecified atom stereocenters. The van der Waals surface area contributed by atoms with Crippen molar-refractivity contribution in [3.05, 3.63) is 0 Å². The van der Waals surface area contributed by atoms with Gasteiger partial charge in [0.1, 0.15) is 48.8 Å². The Morgan fingerprint density at radius 1 is 0.750 bits per heavy atom. The van der Waals surface area contributed by atoms with E-state index in [4.69, 9.17) is 14.2 Å². The molecule has 0 aromatic carbocycles. The highest BCUT2D eigenvalue weighted by Gasteiger charge is 2.79. The molecule has 3 saturated heterocycles. The van der Waals surface area contributed by atoms with Crippen molar-refractivity contribution in [1.29, 1.82) is 0 Å². The average molecular weight is 532 g/mol. The van der Waals surface area contributed by atoms with Crippen LogP contribution in [0.3, 0.4) is 0 Å². The first-order valence-electron chi connectivity index (χ1n) is 10.5. The van der Waals surface area contributed by atoms with Crippen molar-refractivity contribution < 1.29 is 89.8 Å². The number of ether oxygens (including phenoxy) is 4. The third-order valence-corrected chi connectivity index (χ3v) is 6.52. The maximum Gasteiger partial charge on any atom is 0.360 e. The highest BCUT2D eigenvalue weighted by molar-refractivity contribution is 5.92. The van der Waals surface area contributed by atoms with Crippen LogP contribution in [-0.2, 0) is 28.5 Å². The van der Waals surface area contributed by atoms with Gasteiger partial charge >= 0.3 is 11.9 Å². The van der Waals surface area contributed by atoms with Crippen LogP contribution in [0.5, 0.6) is 0 Å². The summed E-state index contributed by atoms with van der Waals surface area (Å²) in [5, 5.41) is 123. The van der Waals surface area contributed by atoms with Crippen molar-refractivity contribution in [2.24, 2.45) is 0 Å². The second-order valence-corrected chi connectivity index (χ2v) is 8.61. The molecular weight excluding hydrogens is 504 g/mol. The van der Waals surface area contributed by atoms with Gasteiger partial charge in [-0.1, -0.05) is 0 Å². The molecule has 0 radical (unpaired) electrons. The average Bonchev–Trinajstić information content (AvgIpc) is 2.86. The molecular formula is C18H28O18. The van der Waals surface area contributed by atoms with Crippen molar-refractivity contribution in [3.8, 4) is 0 Å². The first-order chi connectivity index (χ1) is 16.7. The molecule has 12 N–H and O–H groups in total. The Kier molecular flexibility index (Phi) is 7.98. The summed E-state index contributed by atoms with van der Waals surface area (Å²) in [7, 11) is 0. The lowest BCUT2D eigenvalue weighted by Crippen LogP contribution is -2.85. The normalized spacial score (nSPS) is 50.8. The van der Waals surface area contributed by atoms with E-state index in [1.165, 1.54) is 0 Å². The van der Waals surface area contributed by atoms with Gasteiger partial charge in [-0.05, 0) is 0 Å². The smallest absolute Gasteiger partial charge is 0.360 e. The largest absolute Gasteiger partial charge is 0.445 e. The summed E-state index contributed by atoms with van der Waals surface area (Å²) in [4.78, 5) is 25.6. The number of hydrogen-bond acceptors (Lipinski definition) is 18. The Labute approximate surface area is 200 Å². The fourth-order valence-corrected chi connectivity index (χ4v) is 4.38. The predicted molar refractivity (Wildman–Crippen MR) is 102 cm³/mol. The molecule has 3 heterocycles. The fourth-order valence-electron chi connectivity index (χ4n) is 4.38. The molecule has 3 fully saturated rings. The summed E-state index contributed by atoms with van der Waals surface area (Å²) < 4.78 is 19.4. The predicted octanol–water partition coefficient (Wildman–Crippen LogP) is -9.13. The molecule has 18 nitrogen and oxygen atoms in total. The van der Waals surface area contributed by atoms with Crippen LogP contribution < -0.4 is 0 Å². The number of carbonyl (C=O) groups is 2. The zero-order valence-electron chi connectivity index (χ0n) is 18.2. The minimum absolute atomic E-state index is 1.16. The quantitative estimate of drug-likeness (QED) is 0.141. The van der Waals surface area contributed by atoms with E-state index in [-0.39, 0.29) is 0 Å². The van der Waals surface area contributed by atoms with Crippen LogP contribution in [0.25, 0.3) is 0 Å². The van der Waals surface area contributed by atoms with Crippen LogP contribution in [0.15, 0.2) is 0 Å². The third-order valence-electron chi connectivity index (χ3n) is 6.52. The van der Waals surface area contributed by atoms with E-state index in [1.54, 1.807) is 0 Å². The van der Waals surface area contributed by atoms with Crippen molar-refractivity contribution in [2.75, 3.05) is 19.8 Å². The van der Waals surface area contributed by atoms with Crippen LogP contribution >= 0.6 is 0 Å². The van der Waals surface area contributed by atoms with E-state index in [0.29, 0.717) is 0 Å². The van der Waals surface area contributed by atoms with E-state index in [9.17, 15) is 70.9 Å². The third kappa shape index (κ3) is 3.90. The van der Waals surface area contributed by atoms with Gasteiger partial charge in [0.25, 0.3) is 11.4 Å². The first kappa shape index (κ1) is 28.9. The first-order valence-corrected chi connectivity index (χ1v) is 10.5. The van der Waals surface area contributed by atoms with Gasteiger partial charge in [0.05, 0.1) is 19.8 Å². The highest BCUT2D eigenvalue weighted by atomic mass is 16.7. The standard InChI is InChI=1S/C18H28O18/c19-1-4-7(22)9(24)11(26)17(31,34-4)14(29)16(15(30)33-6(3-21)13(28)36-16)18(32)12(27)10(25)8(23)5(2-20)35-18/h4-12,14,19-27,29,31-32H,1-3H2/t4?,5-,6?,7?,8-,9?,10+,11?,12-,14?,16?,17?,18?/m1/s1. The number of carbonyl (C=O) groups excluding carboxylic acids is 2. The molecule has 0 amide bonds. The Morgan fingerprint density at radius 3 is 1.75 bits per heavy atom. The second-order valence-electron chi connectivity index (χ2n) is 8.61. The Balaban J connectivity index is 2.23. The van der Waals surface area contributed by atoms with Gasteiger partial charge in [0, 0.05) is 0 Å². The molecule has 3 aliphatic heterocycles. The fraction of sp³-hybridized carbons (Fsp3) is 0.889. The van der Waals surface area contributed by atoms with Crippen molar-refractivity contribution in [3.63, 3.8) is 0 Å². The molecule has 0 aromatic rings. The molecule has 13 atom stereocenters. The minimum Gasteiger partial charge on any atom is -0.445 e. The van der Waals surface area contributed by atoms with E-state index in [2.05, 4.69) is 4.74 Å². The summed E-state index contributed by atoms with van der Waals surface area (Å²) in [6.07, 6.45) is -24.2. The lowest BCUT2D eigenvalue weighted by molar-refractivity contribution is -0.443. The molecule has 3 aliphatic rings. The van der Waals surface area contributed by atoms with E-state index >= 15 is 0 Å². The molecule has 18 heteroatoms. The van der Waals surface area contributed by atoms with Gasteiger partial charge in [-0.2, -0.15) is 0 Å². The minimum atomic E-state index is -3.94. The summed E-state index contributed by atoms with van der Waals surface area (Å²) in [6, 6.07) is 0. The molecule has 3 rings (SSSR count). The summed E-state index contributed by atoms with van der Waals surface area (Å²) >= 11 is 0. The summed E-state index contributed by atoms with van der Waals surface area (Å²) in [5.74, 6) is -11.4. The van der Waals surface area contributed by atoms with E-state index < -0.39 is 110 Å². The summed E-state index contributed by atoms with van der Waals surface area (Å²) in [6.45, 7) is -3.56. The topological polar surface area (TPSA) is 314 Å². The zero-order valence-corrected chi connectivity index (χ0v) is 18.2. The SMILES string of the molecule is O=C1OC(C(O)C2(O)OC(CO)C(O)C(O)C2O)(C2(O)O[C@H](CO)[C@@H](O)[C@H](O)[C@H]2O)C(=O)OC1CO.